The van der Waals surface area contributed by atoms with E-state index in [-0.39, 0.29) is 23.7 Å². The standard InChI is InChI=1S/C13H12F2N2/c14-12-5-9(7-16)6-13(15)11(12)8-17-10-3-1-2-4-10/h1-2,5-6,10,17H,3-4,8H2. The number of benzene rings is 1. The molecule has 1 aromatic rings. The molecule has 17 heavy (non-hydrogen) atoms. The Balaban J connectivity index is 2.08. The molecule has 1 aromatic carbocycles. The number of hydrogen-bond acceptors (Lipinski definition) is 2. The zero-order valence-corrected chi connectivity index (χ0v) is 9.21. The number of rotatable bonds is 3. The maximum absolute atomic E-state index is 13.5. The van der Waals surface area contributed by atoms with Crippen LogP contribution in [-0.2, 0) is 6.54 Å². The normalized spacial score (nSPS) is 15.1. The second-order valence-corrected chi connectivity index (χ2v) is 4.05. The van der Waals surface area contributed by atoms with E-state index in [0.29, 0.717) is 0 Å². The summed E-state index contributed by atoms with van der Waals surface area (Å²) in [6, 6.07) is 4.10. The number of nitrogens with zero attached hydrogens (tertiary/aromatic N) is 1. The van der Waals surface area contributed by atoms with Gasteiger partial charge in [-0.25, -0.2) is 8.78 Å². The number of nitriles is 1. The molecule has 0 heterocycles. The topological polar surface area (TPSA) is 35.8 Å². The summed E-state index contributed by atoms with van der Waals surface area (Å²) < 4.78 is 27.1. The van der Waals surface area contributed by atoms with E-state index in [1.54, 1.807) is 6.07 Å². The molecule has 0 aliphatic heterocycles. The lowest BCUT2D eigenvalue weighted by Crippen LogP contribution is -2.26. The molecule has 1 N–H and O–H groups in total. The van der Waals surface area contributed by atoms with Crippen molar-refractivity contribution in [2.24, 2.45) is 0 Å². The van der Waals surface area contributed by atoms with Gasteiger partial charge in [-0.3, -0.25) is 0 Å². The Morgan fingerprint density at radius 3 is 2.35 bits per heavy atom. The summed E-state index contributed by atoms with van der Waals surface area (Å²) in [6.07, 6.45) is 5.87. The first kappa shape index (κ1) is 11.7. The summed E-state index contributed by atoms with van der Waals surface area (Å²) in [7, 11) is 0. The van der Waals surface area contributed by atoms with Crippen molar-refractivity contribution >= 4 is 0 Å². The van der Waals surface area contributed by atoms with E-state index in [4.69, 9.17) is 5.26 Å². The molecule has 0 aromatic heterocycles. The van der Waals surface area contributed by atoms with Gasteiger partial charge < -0.3 is 5.32 Å². The molecule has 0 fully saturated rings. The van der Waals surface area contributed by atoms with Crippen LogP contribution < -0.4 is 5.32 Å². The number of nitrogens with one attached hydrogen (secondary N) is 1. The summed E-state index contributed by atoms with van der Waals surface area (Å²) >= 11 is 0. The van der Waals surface area contributed by atoms with Gasteiger partial charge in [0.05, 0.1) is 11.6 Å². The summed E-state index contributed by atoms with van der Waals surface area (Å²) in [6.45, 7) is 0.149. The van der Waals surface area contributed by atoms with E-state index in [9.17, 15) is 8.78 Å². The molecule has 1 aliphatic carbocycles. The Bertz CT molecular complexity index is 458. The van der Waals surface area contributed by atoms with E-state index in [1.165, 1.54) is 0 Å². The molecule has 0 unspecified atom stereocenters. The Kier molecular flexibility index (Phi) is 3.50. The maximum atomic E-state index is 13.5. The quantitative estimate of drug-likeness (QED) is 0.816. The molecular weight excluding hydrogens is 222 g/mol. The highest BCUT2D eigenvalue weighted by molar-refractivity contribution is 5.34. The second kappa shape index (κ2) is 5.07. The first-order chi connectivity index (χ1) is 8.20. The zero-order chi connectivity index (χ0) is 12.3. The molecule has 0 saturated carbocycles. The largest absolute Gasteiger partial charge is 0.309 e. The van der Waals surface area contributed by atoms with Crippen molar-refractivity contribution in [1.82, 2.24) is 5.32 Å². The maximum Gasteiger partial charge on any atom is 0.131 e. The van der Waals surface area contributed by atoms with Gasteiger partial charge in [0.15, 0.2) is 0 Å². The van der Waals surface area contributed by atoms with Crippen LogP contribution >= 0.6 is 0 Å². The highest BCUT2D eigenvalue weighted by atomic mass is 19.1. The van der Waals surface area contributed by atoms with Gasteiger partial charge in [0, 0.05) is 18.2 Å². The van der Waals surface area contributed by atoms with Crippen molar-refractivity contribution in [2.45, 2.75) is 25.4 Å². The molecule has 0 saturated heterocycles. The summed E-state index contributed by atoms with van der Waals surface area (Å²) in [5.74, 6) is -1.33. The van der Waals surface area contributed by atoms with Crippen molar-refractivity contribution < 1.29 is 8.78 Å². The predicted molar refractivity (Wildman–Crippen MR) is 60.1 cm³/mol. The van der Waals surface area contributed by atoms with E-state index in [1.807, 2.05) is 12.2 Å². The van der Waals surface area contributed by atoms with Gasteiger partial charge >= 0.3 is 0 Å². The monoisotopic (exact) mass is 234 g/mol. The van der Waals surface area contributed by atoms with Crippen molar-refractivity contribution in [1.29, 1.82) is 5.26 Å². The van der Waals surface area contributed by atoms with Gasteiger partial charge in [0.1, 0.15) is 11.6 Å². The lowest BCUT2D eigenvalue weighted by Gasteiger charge is -2.13. The Hall–Kier alpha value is -1.73. The highest BCUT2D eigenvalue weighted by Gasteiger charge is 2.14. The SMILES string of the molecule is N#Cc1cc(F)c(CNC2CC=CC2)c(F)c1. The first-order valence-electron chi connectivity index (χ1n) is 5.47. The Morgan fingerprint density at radius 2 is 1.82 bits per heavy atom. The van der Waals surface area contributed by atoms with Gasteiger partial charge in [-0.2, -0.15) is 5.26 Å². The van der Waals surface area contributed by atoms with Crippen molar-refractivity contribution in [3.8, 4) is 6.07 Å². The molecule has 2 nitrogen and oxygen atoms in total. The minimum absolute atomic E-state index is 0.00380. The fraction of sp³-hybridized carbons (Fsp3) is 0.308. The molecule has 4 heteroatoms. The van der Waals surface area contributed by atoms with Crippen LogP contribution in [0.1, 0.15) is 24.0 Å². The summed E-state index contributed by atoms with van der Waals surface area (Å²) in [4.78, 5) is 0. The molecule has 2 rings (SSSR count). The Labute approximate surface area is 98.6 Å². The van der Waals surface area contributed by atoms with Gasteiger partial charge in [-0.1, -0.05) is 12.2 Å². The highest BCUT2D eigenvalue weighted by Crippen LogP contribution is 2.16. The lowest BCUT2D eigenvalue weighted by atomic mass is 10.1. The fourth-order valence-corrected chi connectivity index (χ4v) is 1.87. The third-order valence-corrected chi connectivity index (χ3v) is 2.85. The van der Waals surface area contributed by atoms with Crippen LogP contribution in [0.25, 0.3) is 0 Å². The third-order valence-electron chi connectivity index (χ3n) is 2.85. The van der Waals surface area contributed by atoms with E-state index < -0.39 is 11.6 Å². The van der Waals surface area contributed by atoms with E-state index in [0.717, 1.165) is 25.0 Å². The second-order valence-electron chi connectivity index (χ2n) is 4.05. The third kappa shape index (κ3) is 2.69. The van der Waals surface area contributed by atoms with Crippen molar-refractivity contribution in [2.75, 3.05) is 0 Å². The van der Waals surface area contributed by atoms with Crippen LogP contribution in [0.5, 0.6) is 0 Å². The van der Waals surface area contributed by atoms with E-state index >= 15 is 0 Å². The molecule has 0 bridgehead atoms. The van der Waals surface area contributed by atoms with Gasteiger partial charge in [0.2, 0.25) is 0 Å². The molecule has 88 valence electrons. The minimum atomic E-state index is -0.667. The van der Waals surface area contributed by atoms with Crippen LogP contribution in [0, 0.1) is 23.0 Å². The van der Waals surface area contributed by atoms with Crippen molar-refractivity contribution in [3.63, 3.8) is 0 Å². The lowest BCUT2D eigenvalue weighted by molar-refractivity contribution is 0.494. The first-order valence-corrected chi connectivity index (χ1v) is 5.47. The molecule has 0 radical (unpaired) electrons. The van der Waals surface area contributed by atoms with Crippen molar-refractivity contribution in [3.05, 3.63) is 47.0 Å². The smallest absolute Gasteiger partial charge is 0.131 e. The fourth-order valence-electron chi connectivity index (χ4n) is 1.87. The average molecular weight is 234 g/mol. The van der Waals surface area contributed by atoms with Gasteiger partial charge in [-0.15, -0.1) is 0 Å². The molecule has 0 amide bonds. The molecule has 1 aliphatic rings. The van der Waals surface area contributed by atoms with Crippen LogP contribution in [-0.4, -0.2) is 6.04 Å². The van der Waals surface area contributed by atoms with Gasteiger partial charge in [0.25, 0.3) is 0 Å². The zero-order valence-electron chi connectivity index (χ0n) is 9.21. The van der Waals surface area contributed by atoms with Crippen LogP contribution in [0.2, 0.25) is 0 Å². The average Bonchev–Trinajstić information content (AvgIpc) is 2.80. The molecular formula is C13H12F2N2. The Morgan fingerprint density at radius 1 is 1.24 bits per heavy atom. The number of halogens is 2. The van der Waals surface area contributed by atoms with Crippen LogP contribution in [0.3, 0.4) is 0 Å². The summed E-state index contributed by atoms with van der Waals surface area (Å²) in [5.41, 5.74) is 0.00202. The van der Waals surface area contributed by atoms with E-state index in [2.05, 4.69) is 5.32 Å². The molecule has 0 atom stereocenters. The predicted octanol–water partition coefficient (Wildman–Crippen LogP) is 2.64. The van der Waals surface area contributed by atoms with Gasteiger partial charge in [-0.05, 0) is 25.0 Å². The summed E-state index contributed by atoms with van der Waals surface area (Å²) in [5, 5.41) is 11.7. The molecule has 0 spiro atoms. The number of hydrogen-bond donors (Lipinski definition) is 1. The van der Waals surface area contributed by atoms with Crippen LogP contribution in [0.15, 0.2) is 24.3 Å². The minimum Gasteiger partial charge on any atom is -0.309 e. The van der Waals surface area contributed by atoms with Crippen LogP contribution in [0.4, 0.5) is 8.78 Å².